The summed E-state index contributed by atoms with van der Waals surface area (Å²) in [5.41, 5.74) is 0.0000859. The minimum Gasteiger partial charge on any atom is -0.497 e. The standard InChI is InChI=1S/C21H30N2O6/c1-13(22-19(25)15-8-10-21(2,28)11-9-15)18(24)23-17(20(26)27)12-14-4-6-16(29-3)7-5-14/h4-7,13,15,17,28H,8-12H2,1-3H3,(H,22,25)(H,23,24)(H,26,27). The summed E-state index contributed by atoms with van der Waals surface area (Å²) in [6.45, 7) is 3.28. The third-order valence-electron chi connectivity index (χ3n) is 5.40. The zero-order valence-electron chi connectivity index (χ0n) is 17.1. The topological polar surface area (TPSA) is 125 Å². The van der Waals surface area contributed by atoms with E-state index in [4.69, 9.17) is 4.74 Å². The van der Waals surface area contributed by atoms with Crippen LogP contribution < -0.4 is 15.4 Å². The van der Waals surface area contributed by atoms with Gasteiger partial charge in [-0.05, 0) is 57.2 Å². The van der Waals surface area contributed by atoms with Crippen LogP contribution in [0.3, 0.4) is 0 Å². The van der Waals surface area contributed by atoms with Crippen molar-refractivity contribution in [3.05, 3.63) is 29.8 Å². The Morgan fingerprint density at radius 2 is 1.76 bits per heavy atom. The smallest absolute Gasteiger partial charge is 0.326 e. The zero-order chi connectivity index (χ0) is 21.6. The van der Waals surface area contributed by atoms with E-state index >= 15 is 0 Å². The molecule has 2 atom stereocenters. The maximum absolute atomic E-state index is 12.4. The van der Waals surface area contributed by atoms with Gasteiger partial charge in [-0.2, -0.15) is 0 Å². The Kier molecular flexibility index (Phi) is 7.61. The van der Waals surface area contributed by atoms with E-state index in [0.29, 0.717) is 31.4 Å². The molecule has 8 nitrogen and oxygen atoms in total. The average molecular weight is 406 g/mol. The Morgan fingerprint density at radius 1 is 1.17 bits per heavy atom. The maximum Gasteiger partial charge on any atom is 0.326 e. The van der Waals surface area contributed by atoms with Gasteiger partial charge in [-0.3, -0.25) is 9.59 Å². The normalized spacial score (nSPS) is 23.5. The molecule has 1 fully saturated rings. The van der Waals surface area contributed by atoms with Gasteiger partial charge in [0.1, 0.15) is 17.8 Å². The lowest BCUT2D eigenvalue weighted by Gasteiger charge is -2.32. The minimum atomic E-state index is -1.15. The van der Waals surface area contributed by atoms with Crippen LogP contribution in [0.1, 0.15) is 45.1 Å². The summed E-state index contributed by atoms with van der Waals surface area (Å²) in [6.07, 6.45) is 2.30. The first-order valence-corrected chi connectivity index (χ1v) is 9.80. The fraction of sp³-hybridized carbons (Fsp3) is 0.571. The molecule has 0 heterocycles. The van der Waals surface area contributed by atoms with Crippen LogP contribution in [-0.4, -0.2) is 52.8 Å². The number of amides is 2. The molecular formula is C21H30N2O6. The first-order chi connectivity index (χ1) is 13.6. The summed E-state index contributed by atoms with van der Waals surface area (Å²) in [5.74, 6) is -1.54. The summed E-state index contributed by atoms with van der Waals surface area (Å²) >= 11 is 0. The van der Waals surface area contributed by atoms with Gasteiger partial charge in [0.2, 0.25) is 11.8 Å². The summed E-state index contributed by atoms with van der Waals surface area (Å²) in [6, 6.07) is 4.96. The lowest BCUT2D eigenvalue weighted by Crippen LogP contribution is -2.52. The molecule has 8 heteroatoms. The number of aliphatic carboxylic acids is 1. The van der Waals surface area contributed by atoms with Crippen LogP contribution in [0.4, 0.5) is 0 Å². The quantitative estimate of drug-likeness (QED) is 0.515. The van der Waals surface area contributed by atoms with Gasteiger partial charge in [-0.1, -0.05) is 12.1 Å². The molecule has 0 saturated heterocycles. The highest BCUT2D eigenvalue weighted by atomic mass is 16.5. The summed E-state index contributed by atoms with van der Waals surface area (Å²) in [5, 5.41) is 24.6. The predicted octanol–water partition coefficient (Wildman–Crippen LogP) is 1.25. The van der Waals surface area contributed by atoms with Gasteiger partial charge >= 0.3 is 5.97 Å². The van der Waals surface area contributed by atoms with Crippen molar-refractivity contribution >= 4 is 17.8 Å². The number of ether oxygens (including phenoxy) is 1. The molecule has 0 radical (unpaired) electrons. The van der Waals surface area contributed by atoms with E-state index in [9.17, 15) is 24.6 Å². The second-order valence-corrected chi connectivity index (χ2v) is 7.95. The number of nitrogens with one attached hydrogen (secondary N) is 2. The van der Waals surface area contributed by atoms with Crippen molar-refractivity contribution in [2.24, 2.45) is 5.92 Å². The first-order valence-electron chi connectivity index (χ1n) is 9.80. The zero-order valence-corrected chi connectivity index (χ0v) is 17.1. The minimum absolute atomic E-state index is 0.115. The van der Waals surface area contributed by atoms with Crippen molar-refractivity contribution < 1.29 is 29.3 Å². The van der Waals surface area contributed by atoms with Crippen LogP contribution in [0, 0.1) is 5.92 Å². The highest BCUT2D eigenvalue weighted by molar-refractivity contribution is 5.90. The molecule has 1 aromatic rings. The number of carbonyl (C=O) groups is 3. The van der Waals surface area contributed by atoms with Gasteiger partial charge < -0.3 is 25.6 Å². The summed E-state index contributed by atoms with van der Waals surface area (Å²) in [4.78, 5) is 36.4. The van der Waals surface area contributed by atoms with Crippen LogP contribution in [0.5, 0.6) is 5.75 Å². The van der Waals surface area contributed by atoms with E-state index in [1.807, 2.05) is 0 Å². The highest BCUT2D eigenvalue weighted by Crippen LogP contribution is 2.31. The van der Waals surface area contributed by atoms with E-state index in [-0.39, 0.29) is 18.2 Å². The fourth-order valence-electron chi connectivity index (χ4n) is 3.39. The molecule has 0 aliphatic heterocycles. The van der Waals surface area contributed by atoms with Gasteiger partial charge in [-0.15, -0.1) is 0 Å². The molecule has 1 aliphatic rings. The van der Waals surface area contributed by atoms with Gasteiger partial charge in [0, 0.05) is 12.3 Å². The number of carbonyl (C=O) groups excluding carboxylic acids is 2. The molecule has 0 aromatic heterocycles. The lowest BCUT2D eigenvalue weighted by molar-refractivity contribution is -0.142. The number of aliphatic hydroxyl groups is 1. The SMILES string of the molecule is COc1ccc(CC(NC(=O)C(C)NC(=O)C2CCC(C)(O)CC2)C(=O)O)cc1. The Morgan fingerprint density at radius 3 is 2.28 bits per heavy atom. The summed E-state index contributed by atoms with van der Waals surface area (Å²) in [7, 11) is 1.54. The molecule has 1 aromatic carbocycles. The van der Waals surface area contributed by atoms with E-state index < -0.39 is 29.6 Å². The second kappa shape index (κ2) is 9.73. The maximum atomic E-state index is 12.4. The molecule has 4 N–H and O–H groups in total. The molecule has 2 amide bonds. The fourth-order valence-corrected chi connectivity index (χ4v) is 3.39. The number of methoxy groups -OCH3 is 1. The van der Waals surface area contributed by atoms with Crippen LogP contribution in [0.25, 0.3) is 0 Å². The Hall–Kier alpha value is -2.61. The van der Waals surface area contributed by atoms with Crippen LogP contribution >= 0.6 is 0 Å². The monoisotopic (exact) mass is 406 g/mol. The lowest BCUT2D eigenvalue weighted by atomic mass is 9.79. The Labute approximate surface area is 170 Å². The molecule has 1 saturated carbocycles. The molecule has 160 valence electrons. The largest absolute Gasteiger partial charge is 0.497 e. The van der Waals surface area contributed by atoms with Gasteiger partial charge in [-0.25, -0.2) is 4.79 Å². The predicted molar refractivity (Wildman–Crippen MR) is 106 cm³/mol. The van der Waals surface area contributed by atoms with Crippen molar-refractivity contribution in [2.75, 3.05) is 7.11 Å². The number of carboxylic acid groups (broad SMARTS) is 1. The molecule has 29 heavy (non-hydrogen) atoms. The van der Waals surface area contributed by atoms with E-state index in [1.54, 1.807) is 38.3 Å². The van der Waals surface area contributed by atoms with Crippen molar-refractivity contribution in [2.45, 2.75) is 63.6 Å². The molecule has 2 rings (SSSR count). The van der Waals surface area contributed by atoms with E-state index in [2.05, 4.69) is 10.6 Å². The number of carboxylic acids is 1. The third-order valence-corrected chi connectivity index (χ3v) is 5.40. The van der Waals surface area contributed by atoms with Crippen molar-refractivity contribution in [1.29, 1.82) is 0 Å². The van der Waals surface area contributed by atoms with Gasteiger partial charge in [0.25, 0.3) is 0 Å². The number of hydrogen-bond donors (Lipinski definition) is 4. The second-order valence-electron chi connectivity index (χ2n) is 7.95. The average Bonchev–Trinajstić information content (AvgIpc) is 2.67. The van der Waals surface area contributed by atoms with Crippen LogP contribution in [0.15, 0.2) is 24.3 Å². The summed E-state index contributed by atoms with van der Waals surface area (Å²) < 4.78 is 5.08. The van der Waals surface area contributed by atoms with Gasteiger partial charge in [0.05, 0.1) is 12.7 Å². The number of benzene rings is 1. The van der Waals surface area contributed by atoms with Crippen LogP contribution in [0.2, 0.25) is 0 Å². The third kappa shape index (κ3) is 6.74. The molecule has 0 spiro atoms. The van der Waals surface area contributed by atoms with Gasteiger partial charge in [0.15, 0.2) is 0 Å². The Balaban J connectivity index is 1.89. The highest BCUT2D eigenvalue weighted by Gasteiger charge is 2.33. The molecular weight excluding hydrogens is 376 g/mol. The Bertz CT molecular complexity index is 721. The van der Waals surface area contributed by atoms with E-state index in [1.165, 1.54) is 6.92 Å². The van der Waals surface area contributed by atoms with E-state index in [0.717, 1.165) is 5.56 Å². The van der Waals surface area contributed by atoms with Crippen molar-refractivity contribution in [3.8, 4) is 5.75 Å². The van der Waals surface area contributed by atoms with Crippen molar-refractivity contribution in [3.63, 3.8) is 0 Å². The molecule has 2 unspecified atom stereocenters. The van der Waals surface area contributed by atoms with Crippen LogP contribution in [-0.2, 0) is 20.8 Å². The number of hydrogen-bond acceptors (Lipinski definition) is 5. The van der Waals surface area contributed by atoms with Crippen molar-refractivity contribution in [1.82, 2.24) is 10.6 Å². The molecule has 0 bridgehead atoms. The number of rotatable bonds is 8. The molecule has 1 aliphatic carbocycles. The first kappa shape index (κ1) is 22.7.